The topological polar surface area (TPSA) is 77.5 Å². The van der Waals surface area contributed by atoms with E-state index >= 15 is 0 Å². The summed E-state index contributed by atoms with van der Waals surface area (Å²) in [5.41, 5.74) is 3.46. The first-order valence-corrected chi connectivity index (χ1v) is 7.57. The van der Waals surface area contributed by atoms with Gasteiger partial charge in [0, 0.05) is 11.8 Å². The van der Waals surface area contributed by atoms with E-state index in [9.17, 15) is 4.79 Å². The molecule has 1 amide bonds. The zero-order chi connectivity index (χ0) is 16.9. The molecule has 0 fully saturated rings. The van der Waals surface area contributed by atoms with Gasteiger partial charge in [0.05, 0.1) is 12.9 Å². The summed E-state index contributed by atoms with van der Waals surface area (Å²) in [5.74, 6) is 0.919. The molecule has 2 aromatic heterocycles. The molecule has 0 bridgehead atoms. The Bertz CT molecular complexity index is 801. The zero-order valence-corrected chi connectivity index (χ0v) is 13.5. The van der Waals surface area contributed by atoms with Crippen LogP contribution in [-0.4, -0.2) is 17.7 Å². The number of ether oxygens (including phenoxy) is 1. The van der Waals surface area contributed by atoms with E-state index in [0.29, 0.717) is 17.2 Å². The molecular formula is C18H18N2O4. The Hall–Kier alpha value is -2.86. The lowest BCUT2D eigenvalue weighted by Crippen LogP contribution is -2.19. The molecule has 0 saturated heterocycles. The minimum Gasteiger partial charge on any atom is -0.461 e. The predicted octanol–water partition coefficient (Wildman–Crippen LogP) is 3.71. The van der Waals surface area contributed by atoms with Crippen LogP contribution in [0.2, 0.25) is 0 Å². The van der Waals surface area contributed by atoms with E-state index in [2.05, 4.69) is 10.5 Å². The highest BCUT2D eigenvalue weighted by Gasteiger charge is 2.11. The van der Waals surface area contributed by atoms with Crippen LogP contribution in [0.1, 0.15) is 16.8 Å². The van der Waals surface area contributed by atoms with Gasteiger partial charge in [-0.3, -0.25) is 4.79 Å². The fourth-order valence-corrected chi connectivity index (χ4v) is 2.35. The molecule has 0 spiro atoms. The normalized spacial score (nSPS) is 10.8. The molecular weight excluding hydrogens is 308 g/mol. The first kappa shape index (κ1) is 16.0. The summed E-state index contributed by atoms with van der Waals surface area (Å²) in [4.78, 5) is 12.0. The van der Waals surface area contributed by atoms with Crippen molar-refractivity contribution in [2.24, 2.45) is 0 Å². The van der Waals surface area contributed by atoms with Crippen molar-refractivity contribution in [2.75, 3.05) is 11.9 Å². The second-order valence-electron chi connectivity index (χ2n) is 5.47. The number of rotatable bonds is 6. The molecule has 124 valence electrons. The zero-order valence-electron chi connectivity index (χ0n) is 13.5. The van der Waals surface area contributed by atoms with Gasteiger partial charge in [-0.2, -0.15) is 0 Å². The van der Waals surface area contributed by atoms with Crippen LogP contribution in [0.5, 0.6) is 0 Å². The SMILES string of the molecule is Cc1cccc(C)c1NC(=O)COCc1cc(-c2ccco2)on1. The monoisotopic (exact) mass is 326 g/mol. The Morgan fingerprint density at radius 3 is 2.67 bits per heavy atom. The minimum absolute atomic E-state index is 0.0588. The third-order valence-electron chi connectivity index (χ3n) is 3.55. The molecule has 1 N–H and O–H groups in total. The van der Waals surface area contributed by atoms with Crippen molar-refractivity contribution >= 4 is 11.6 Å². The van der Waals surface area contributed by atoms with Crippen molar-refractivity contribution in [1.82, 2.24) is 5.16 Å². The van der Waals surface area contributed by atoms with Gasteiger partial charge in [0.1, 0.15) is 12.3 Å². The summed E-state index contributed by atoms with van der Waals surface area (Å²) < 4.78 is 15.8. The maximum atomic E-state index is 12.0. The maximum Gasteiger partial charge on any atom is 0.250 e. The average molecular weight is 326 g/mol. The second kappa shape index (κ2) is 7.14. The largest absolute Gasteiger partial charge is 0.461 e. The van der Waals surface area contributed by atoms with E-state index in [1.165, 1.54) is 0 Å². The molecule has 0 radical (unpaired) electrons. The number of carbonyl (C=O) groups is 1. The molecule has 0 saturated carbocycles. The van der Waals surface area contributed by atoms with Crippen LogP contribution >= 0.6 is 0 Å². The minimum atomic E-state index is -0.206. The number of nitrogens with zero attached hydrogens (tertiary/aromatic N) is 1. The van der Waals surface area contributed by atoms with Crippen molar-refractivity contribution < 1.29 is 18.5 Å². The van der Waals surface area contributed by atoms with Crippen LogP contribution in [-0.2, 0) is 16.1 Å². The van der Waals surface area contributed by atoms with Crippen LogP contribution < -0.4 is 5.32 Å². The molecule has 24 heavy (non-hydrogen) atoms. The van der Waals surface area contributed by atoms with Crippen LogP contribution in [0.25, 0.3) is 11.5 Å². The highest BCUT2D eigenvalue weighted by Crippen LogP contribution is 2.21. The molecule has 1 aromatic carbocycles. The maximum absolute atomic E-state index is 12.0. The summed E-state index contributed by atoms with van der Waals surface area (Å²) in [5, 5.41) is 6.76. The fraction of sp³-hybridized carbons (Fsp3) is 0.222. The molecule has 2 heterocycles. The molecule has 3 aromatic rings. The summed E-state index contributed by atoms with van der Waals surface area (Å²) >= 11 is 0. The summed E-state index contributed by atoms with van der Waals surface area (Å²) in [6.45, 7) is 4.03. The summed E-state index contributed by atoms with van der Waals surface area (Å²) in [6, 6.07) is 11.1. The number of benzene rings is 1. The molecule has 0 aliphatic carbocycles. The standard InChI is InChI=1S/C18H18N2O4/c1-12-5-3-6-13(2)18(12)19-17(21)11-22-10-14-9-16(24-20-14)15-7-4-8-23-15/h3-9H,10-11H2,1-2H3,(H,19,21). The van der Waals surface area contributed by atoms with Crippen LogP contribution in [0.4, 0.5) is 5.69 Å². The van der Waals surface area contributed by atoms with Crippen molar-refractivity contribution in [3.05, 3.63) is 59.5 Å². The van der Waals surface area contributed by atoms with Gasteiger partial charge in [-0.1, -0.05) is 23.4 Å². The second-order valence-corrected chi connectivity index (χ2v) is 5.47. The van der Waals surface area contributed by atoms with Gasteiger partial charge in [0.2, 0.25) is 11.7 Å². The van der Waals surface area contributed by atoms with Gasteiger partial charge in [-0.25, -0.2) is 0 Å². The van der Waals surface area contributed by atoms with Crippen molar-refractivity contribution in [3.63, 3.8) is 0 Å². The number of amides is 1. The number of para-hydroxylation sites is 1. The van der Waals surface area contributed by atoms with E-state index in [4.69, 9.17) is 13.7 Å². The summed E-state index contributed by atoms with van der Waals surface area (Å²) in [7, 11) is 0. The smallest absolute Gasteiger partial charge is 0.250 e. The first-order chi connectivity index (χ1) is 11.6. The number of anilines is 1. The van der Waals surface area contributed by atoms with Crippen molar-refractivity contribution in [2.45, 2.75) is 20.5 Å². The lowest BCUT2D eigenvalue weighted by molar-refractivity contribution is -0.121. The van der Waals surface area contributed by atoms with Gasteiger partial charge in [0.25, 0.3) is 0 Å². The Kier molecular flexibility index (Phi) is 4.77. The molecule has 3 rings (SSSR count). The predicted molar refractivity (Wildman–Crippen MR) is 88.4 cm³/mol. The number of carbonyl (C=O) groups excluding carboxylic acids is 1. The molecule has 6 heteroatoms. The number of nitrogens with one attached hydrogen (secondary N) is 1. The van der Waals surface area contributed by atoms with E-state index in [1.807, 2.05) is 32.0 Å². The van der Waals surface area contributed by atoms with Crippen LogP contribution in [0.3, 0.4) is 0 Å². The lowest BCUT2D eigenvalue weighted by Gasteiger charge is -2.11. The van der Waals surface area contributed by atoms with Gasteiger partial charge in [-0.05, 0) is 37.1 Å². The van der Waals surface area contributed by atoms with Gasteiger partial charge in [0.15, 0.2) is 5.76 Å². The molecule has 6 nitrogen and oxygen atoms in total. The fourth-order valence-electron chi connectivity index (χ4n) is 2.35. The number of aromatic nitrogens is 1. The molecule has 0 aliphatic rings. The third-order valence-corrected chi connectivity index (χ3v) is 3.55. The molecule has 0 unspecified atom stereocenters. The Morgan fingerprint density at radius 1 is 1.17 bits per heavy atom. The van der Waals surface area contributed by atoms with Crippen molar-refractivity contribution in [1.29, 1.82) is 0 Å². The third kappa shape index (κ3) is 3.72. The van der Waals surface area contributed by atoms with Gasteiger partial charge >= 0.3 is 0 Å². The number of furan rings is 1. The van der Waals surface area contributed by atoms with E-state index in [-0.39, 0.29) is 19.1 Å². The first-order valence-electron chi connectivity index (χ1n) is 7.57. The van der Waals surface area contributed by atoms with Gasteiger partial charge in [-0.15, -0.1) is 0 Å². The Labute approximate surface area is 139 Å². The van der Waals surface area contributed by atoms with E-state index < -0.39 is 0 Å². The molecule has 0 atom stereocenters. The Morgan fingerprint density at radius 2 is 1.96 bits per heavy atom. The number of aryl methyl sites for hydroxylation is 2. The number of hydrogen-bond donors (Lipinski definition) is 1. The number of hydrogen-bond acceptors (Lipinski definition) is 5. The van der Waals surface area contributed by atoms with Crippen molar-refractivity contribution in [3.8, 4) is 11.5 Å². The van der Waals surface area contributed by atoms with Gasteiger partial charge < -0.3 is 19.0 Å². The highest BCUT2D eigenvalue weighted by atomic mass is 16.5. The Balaban J connectivity index is 1.50. The lowest BCUT2D eigenvalue weighted by atomic mass is 10.1. The van der Waals surface area contributed by atoms with E-state index in [1.54, 1.807) is 24.5 Å². The molecule has 0 aliphatic heterocycles. The highest BCUT2D eigenvalue weighted by molar-refractivity contribution is 5.93. The average Bonchev–Trinajstić information content (AvgIpc) is 3.22. The summed E-state index contributed by atoms with van der Waals surface area (Å²) in [6.07, 6.45) is 1.56. The van der Waals surface area contributed by atoms with E-state index in [0.717, 1.165) is 16.8 Å². The quantitative estimate of drug-likeness (QED) is 0.747. The van der Waals surface area contributed by atoms with Crippen LogP contribution in [0.15, 0.2) is 51.6 Å². The van der Waals surface area contributed by atoms with Crippen LogP contribution in [0, 0.1) is 13.8 Å².